The van der Waals surface area contributed by atoms with Crippen LogP contribution in [0.15, 0.2) is 87.8 Å². The Kier molecular flexibility index (Phi) is 8.88. The fourth-order valence-corrected chi connectivity index (χ4v) is 4.02. The molecule has 0 saturated heterocycles. The monoisotopic (exact) mass is 558 g/mol. The lowest BCUT2D eigenvalue weighted by Crippen LogP contribution is -2.51. The molecule has 0 unspecified atom stereocenters. The summed E-state index contributed by atoms with van der Waals surface area (Å²) in [7, 11) is 1.58. The van der Waals surface area contributed by atoms with Crippen LogP contribution in [0.4, 0.5) is 0 Å². The Morgan fingerprint density at radius 3 is 2.25 bits per heavy atom. The lowest BCUT2D eigenvalue weighted by atomic mass is 10.0. The molecular weight excluding hydrogens is 536 g/mol. The summed E-state index contributed by atoms with van der Waals surface area (Å²) < 4.78 is 7.56. The third-order valence-electron chi connectivity index (χ3n) is 4.94. The summed E-state index contributed by atoms with van der Waals surface area (Å²) in [5, 5.41) is 2.71. The standard InChI is InChI=1S/C25H24Br2N2O3/c1-28-25(31)23(15-18-6-3-2-4-7-18)29(16-19-8-5-9-21(27)14-19)24(30)17-32-22-12-10-20(26)11-13-22/h2-14,23H,15-17H2,1H3,(H,28,31)/t23-/m0/s1. The van der Waals surface area contributed by atoms with Gasteiger partial charge in [0.25, 0.3) is 5.91 Å². The molecule has 5 nitrogen and oxygen atoms in total. The first kappa shape index (κ1) is 24.0. The van der Waals surface area contributed by atoms with Gasteiger partial charge in [0, 0.05) is 29.0 Å². The molecular formula is C25H24Br2N2O3. The van der Waals surface area contributed by atoms with Gasteiger partial charge in [0.1, 0.15) is 11.8 Å². The SMILES string of the molecule is CNC(=O)[C@H](Cc1ccccc1)N(Cc1cccc(Br)c1)C(=O)COc1ccc(Br)cc1. The van der Waals surface area contributed by atoms with Crippen molar-refractivity contribution in [1.29, 1.82) is 0 Å². The van der Waals surface area contributed by atoms with Crippen molar-refractivity contribution in [3.05, 3.63) is 98.9 Å². The molecule has 32 heavy (non-hydrogen) atoms. The summed E-state index contributed by atoms with van der Waals surface area (Å²) >= 11 is 6.87. The van der Waals surface area contributed by atoms with Crippen LogP contribution >= 0.6 is 31.9 Å². The van der Waals surface area contributed by atoms with Gasteiger partial charge in [-0.3, -0.25) is 9.59 Å². The van der Waals surface area contributed by atoms with Crippen molar-refractivity contribution in [2.75, 3.05) is 13.7 Å². The number of likely N-dealkylation sites (N-methyl/N-ethyl adjacent to an activating group) is 1. The maximum absolute atomic E-state index is 13.3. The van der Waals surface area contributed by atoms with E-state index in [-0.39, 0.29) is 25.0 Å². The molecule has 0 fully saturated rings. The van der Waals surface area contributed by atoms with Crippen LogP contribution in [0.2, 0.25) is 0 Å². The highest BCUT2D eigenvalue weighted by atomic mass is 79.9. The molecule has 0 aromatic heterocycles. The highest BCUT2D eigenvalue weighted by molar-refractivity contribution is 9.10. The molecule has 166 valence electrons. The zero-order valence-corrected chi connectivity index (χ0v) is 20.8. The maximum atomic E-state index is 13.3. The van der Waals surface area contributed by atoms with Gasteiger partial charge in [0.2, 0.25) is 5.91 Å². The van der Waals surface area contributed by atoms with E-state index < -0.39 is 6.04 Å². The predicted molar refractivity (Wildman–Crippen MR) is 132 cm³/mol. The van der Waals surface area contributed by atoms with Crippen LogP contribution in [-0.2, 0) is 22.6 Å². The number of ether oxygens (including phenoxy) is 1. The van der Waals surface area contributed by atoms with Crippen molar-refractivity contribution >= 4 is 43.7 Å². The van der Waals surface area contributed by atoms with Crippen LogP contribution < -0.4 is 10.1 Å². The smallest absolute Gasteiger partial charge is 0.261 e. The number of rotatable bonds is 9. The molecule has 0 radical (unpaired) electrons. The number of hydrogen-bond donors (Lipinski definition) is 1. The molecule has 0 spiro atoms. The van der Waals surface area contributed by atoms with Crippen LogP contribution in [0.1, 0.15) is 11.1 Å². The first-order valence-electron chi connectivity index (χ1n) is 10.1. The highest BCUT2D eigenvalue weighted by Crippen LogP contribution is 2.19. The predicted octanol–water partition coefficient (Wildman–Crippen LogP) is 4.98. The van der Waals surface area contributed by atoms with Gasteiger partial charge < -0.3 is 15.0 Å². The Morgan fingerprint density at radius 1 is 0.906 bits per heavy atom. The zero-order chi connectivity index (χ0) is 22.9. The molecule has 0 aliphatic carbocycles. The molecule has 0 aliphatic heterocycles. The summed E-state index contributed by atoms with van der Waals surface area (Å²) in [6.45, 7) is 0.116. The van der Waals surface area contributed by atoms with Crippen molar-refractivity contribution < 1.29 is 14.3 Å². The maximum Gasteiger partial charge on any atom is 0.261 e. The summed E-state index contributed by atoms with van der Waals surface area (Å²) in [4.78, 5) is 27.8. The molecule has 1 atom stereocenters. The number of carbonyl (C=O) groups is 2. The largest absolute Gasteiger partial charge is 0.484 e. The van der Waals surface area contributed by atoms with E-state index in [1.165, 1.54) is 0 Å². The first-order valence-corrected chi connectivity index (χ1v) is 11.7. The van der Waals surface area contributed by atoms with E-state index in [1.807, 2.05) is 66.7 Å². The van der Waals surface area contributed by atoms with Crippen molar-refractivity contribution in [3.8, 4) is 5.75 Å². The van der Waals surface area contributed by atoms with Crippen molar-refractivity contribution in [2.24, 2.45) is 0 Å². The van der Waals surface area contributed by atoms with Crippen LogP contribution in [0.5, 0.6) is 5.75 Å². The number of halogens is 2. The Labute approximate surface area is 205 Å². The van der Waals surface area contributed by atoms with Gasteiger partial charge in [0.15, 0.2) is 6.61 Å². The molecule has 1 N–H and O–H groups in total. The zero-order valence-electron chi connectivity index (χ0n) is 17.6. The number of carbonyl (C=O) groups excluding carboxylic acids is 2. The summed E-state index contributed by atoms with van der Waals surface area (Å²) in [5.74, 6) is 0.0989. The van der Waals surface area contributed by atoms with Gasteiger partial charge in [-0.25, -0.2) is 0 Å². The third-order valence-corrected chi connectivity index (χ3v) is 5.96. The van der Waals surface area contributed by atoms with E-state index in [2.05, 4.69) is 37.2 Å². The Balaban J connectivity index is 1.86. The summed E-state index contributed by atoms with van der Waals surface area (Å²) in [6.07, 6.45) is 0.401. The van der Waals surface area contributed by atoms with E-state index in [4.69, 9.17) is 4.74 Å². The normalized spacial score (nSPS) is 11.5. The fraction of sp³-hybridized carbons (Fsp3) is 0.200. The lowest BCUT2D eigenvalue weighted by Gasteiger charge is -2.31. The molecule has 3 aromatic rings. The van der Waals surface area contributed by atoms with Crippen molar-refractivity contribution in [2.45, 2.75) is 19.0 Å². The van der Waals surface area contributed by atoms with Gasteiger partial charge >= 0.3 is 0 Å². The molecule has 3 aromatic carbocycles. The highest BCUT2D eigenvalue weighted by Gasteiger charge is 2.30. The Morgan fingerprint density at radius 2 is 1.59 bits per heavy atom. The second-order valence-electron chi connectivity index (χ2n) is 7.21. The number of benzene rings is 3. The molecule has 7 heteroatoms. The first-order chi connectivity index (χ1) is 15.5. The number of nitrogens with zero attached hydrogens (tertiary/aromatic N) is 1. The number of nitrogens with one attached hydrogen (secondary N) is 1. The Bertz CT molecular complexity index is 1040. The molecule has 0 saturated carbocycles. The van der Waals surface area contributed by atoms with E-state index in [0.717, 1.165) is 20.1 Å². The van der Waals surface area contributed by atoms with E-state index in [0.29, 0.717) is 12.2 Å². The van der Waals surface area contributed by atoms with Crippen molar-refractivity contribution in [1.82, 2.24) is 10.2 Å². The molecule has 2 amide bonds. The average molecular weight is 560 g/mol. The minimum atomic E-state index is -0.678. The van der Waals surface area contributed by atoms with Crippen LogP contribution in [0.3, 0.4) is 0 Å². The minimum Gasteiger partial charge on any atom is -0.484 e. The fourth-order valence-electron chi connectivity index (χ4n) is 3.31. The second kappa shape index (κ2) is 11.8. The second-order valence-corrected chi connectivity index (χ2v) is 9.05. The van der Waals surface area contributed by atoms with Crippen LogP contribution in [0.25, 0.3) is 0 Å². The van der Waals surface area contributed by atoms with Gasteiger partial charge in [-0.05, 0) is 47.5 Å². The number of amides is 2. The van der Waals surface area contributed by atoms with E-state index in [1.54, 1.807) is 24.1 Å². The van der Waals surface area contributed by atoms with Crippen molar-refractivity contribution in [3.63, 3.8) is 0 Å². The molecule has 0 aliphatic rings. The van der Waals surface area contributed by atoms with Crippen LogP contribution in [0, 0.1) is 0 Å². The Hall–Kier alpha value is -2.64. The van der Waals surface area contributed by atoms with Gasteiger partial charge in [-0.15, -0.1) is 0 Å². The minimum absolute atomic E-state index is 0.169. The van der Waals surface area contributed by atoms with Crippen LogP contribution in [-0.4, -0.2) is 36.4 Å². The van der Waals surface area contributed by atoms with Gasteiger partial charge in [-0.2, -0.15) is 0 Å². The topological polar surface area (TPSA) is 58.6 Å². The number of hydrogen-bond acceptors (Lipinski definition) is 3. The van der Waals surface area contributed by atoms with Gasteiger partial charge in [0.05, 0.1) is 0 Å². The third kappa shape index (κ3) is 6.93. The summed E-state index contributed by atoms with van der Waals surface area (Å²) in [6, 6.07) is 24.0. The van der Waals surface area contributed by atoms with Gasteiger partial charge in [-0.1, -0.05) is 74.3 Å². The summed E-state index contributed by atoms with van der Waals surface area (Å²) in [5.41, 5.74) is 1.89. The quantitative estimate of drug-likeness (QED) is 0.402. The average Bonchev–Trinajstić information content (AvgIpc) is 2.81. The lowest BCUT2D eigenvalue weighted by molar-refractivity contribution is -0.142. The molecule has 0 heterocycles. The van der Waals surface area contributed by atoms with E-state index >= 15 is 0 Å². The molecule has 0 bridgehead atoms. The molecule has 3 rings (SSSR count). The van der Waals surface area contributed by atoms with E-state index in [9.17, 15) is 9.59 Å².